The third-order valence-corrected chi connectivity index (χ3v) is 0.884. The van der Waals surface area contributed by atoms with Gasteiger partial charge in [-0.15, -0.1) is 0 Å². The SMILES string of the molecule is CC(=O)Cc1ncco1. The highest BCUT2D eigenvalue weighted by molar-refractivity contribution is 5.77. The number of hydrogen-bond acceptors (Lipinski definition) is 3. The van der Waals surface area contributed by atoms with E-state index in [1.165, 1.54) is 19.4 Å². The highest BCUT2D eigenvalue weighted by Gasteiger charge is 1.99. The van der Waals surface area contributed by atoms with Crippen molar-refractivity contribution >= 4 is 5.78 Å². The second kappa shape index (κ2) is 2.44. The van der Waals surface area contributed by atoms with Gasteiger partial charge in [0.05, 0.1) is 12.6 Å². The molecule has 48 valence electrons. The molecular weight excluding hydrogens is 118 g/mol. The average molecular weight is 125 g/mol. The zero-order valence-electron chi connectivity index (χ0n) is 5.13. The van der Waals surface area contributed by atoms with Crippen molar-refractivity contribution in [3.8, 4) is 0 Å². The molecule has 0 aliphatic heterocycles. The summed E-state index contributed by atoms with van der Waals surface area (Å²) in [4.78, 5) is 14.2. The lowest BCUT2D eigenvalue weighted by atomic mass is 10.3. The molecule has 0 aliphatic carbocycles. The Hall–Kier alpha value is -1.12. The van der Waals surface area contributed by atoms with Gasteiger partial charge in [-0.05, 0) is 6.92 Å². The lowest BCUT2D eigenvalue weighted by Crippen LogP contribution is -1.95. The molecule has 0 fully saturated rings. The Bertz CT molecular complexity index is 191. The molecule has 0 atom stereocenters. The molecule has 0 amide bonds. The number of aromatic nitrogens is 1. The molecule has 3 heteroatoms. The standard InChI is InChI=1S/C6H7NO2/c1-5(8)4-6-7-2-3-9-6/h2-3H,4H2,1H3. The van der Waals surface area contributed by atoms with Gasteiger partial charge in [-0.1, -0.05) is 0 Å². The van der Waals surface area contributed by atoms with Crippen LogP contribution in [0.1, 0.15) is 12.8 Å². The van der Waals surface area contributed by atoms with Crippen molar-refractivity contribution in [2.45, 2.75) is 13.3 Å². The van der Waals surface area contributed by atoms with E-state index in [-0.39, 0.29) is 5.78 Å². The molecular formula is C6H7NO2. The third-order valence-electron chi connectivity index (χ3n) is 0.884. The van der Waals surface area contributed by atoms with Gasteiger partial charge in [-0.2, -0.15) is 0 Å². The number of rotatable bonds is 2. The van der Waals surface area contributed by atoms with Crippen molar-refractivity contribution in [1.29, 1.82) is 0 Å². The fourth-order valence-electron chi connectivity index (χ4n) is 0.553. The molecule has 0 N–H and O–H groups in total. The van der Waals surface area contributed by atoms with Gasteiger partial charge in [0.15, 0.2) is 0 Å². The number of carbonyl (C=O) groups is 1. The monoisotopic (exact) mass is 125 g/mol. The van der Waals surface area contributed by atoms with Crippen LogP contribution in [-0.4, -0.2) is 10.8 Å². The summed E-state index contributed by atoms with van der Waals surface area (Å²) in [6.45, 7) is 1.50. The first-order valence-corrected chi connectivity index (χ1v) is 2.67. The van der Waals surface area contributed by atoms with Crippen LogP contribution < -0.4 is 0 Å². The Balaban J connectivity index is 2.58. The Morgan fingerprint density at radius 1 is 1.89 bits per heavy atom. The lowest BCUT2D eigenvalue weighted by molar-refractivity contribution is -0.116. The summed E-state index contributed by atoms with van der Waals surface area (Å²) < 4.78 is 4.81. The Morgan fingerprint density at radius 2 is 2.67 bits per heavy atom. The quantitative estimate of drug-likeness (QED) is 0.587. The molecule has 0 saturated carbocycles. The fraction of sp³-hybridized carbons (Fsp3) is 0.333. The number of nitrogens with zero attached hydrogens (tertiary/aromatic N) is 1. The minimum Gasteiger partial charge on any atom is -0.449 e. The minimum atomic E-state index is 0.0671. The van der Waals surface area contributed by atoms with Crippen LogP contribution in [0.2, 0.25) is 0 Å². The van der Waals surface area contributed by atoms with Crippen LogP contribution in [0.5, 0.6) is 0 Å². The van der Waals surface area contributed by atoms with E-state index in [0.29, 0.717) is 12.3 Å². The molecule has 3 nitrogen and oxygen atoms in total. The van der Waals surface area contributed by atoms with E-state index in [1.807, 2.05) is 0 Å². The van der Waals surface area contributed by atoms with Crippen molar-refractivity contribution in [3.05, 3.63) is 18.4 Å². The maximum Gasteiger partial charge on any atom is 0.201 e. The molecule has 9 heavy (non-hydrogen) atoms. The number of Topliss-reactive ketones (excluding diaryl/α,β-unsaturated/α-hetero) is 1. The van der Waals surface area contributed by atoms with E-state index >= 15 is 0 Å². The summed E-state index contributed by atoms with van der Waals surface area (Å²) in [5, 5.41) is 0. The van der Waals surface area contributed by atoms with Crippen LogP contribution in [0.25, 0.3) is 0 Å². The van der Waals surface area contributed by atoms with Crippen LogP contribution in [-0.2, 0) is 11.2 Å². The Labute approximate surface area is 52.7 Å². The highest BCUT2D eigenvalue weighted by atomic mass is 16.3. The maximum absolute atomic E-state index is 10.4. The molecule has 1 heterocycles. The number of carbonyl (C=O) groups excluding carboxylic acids is 1. The molecule has 0 aromatic carbocycles. The average Bonchev–Trinajstić information content (AvgIpc) is 2.15. The maximum atomic E-state index is 10.4. The molecule has 1 rings (SSSR count). The van der Waals surface area contributed by atoms with Gasteiger partial charge in [-0.3, -0.25) is 4.79 Å². The van der Waals surface area contributed by atoms with E-state index in [1.54, 1.807) is 0 Å². The van der Waals surface area contributed by atoms with Crippen molar-refractivity contribution in [1.82, 2.24) is 4.98 Å². The third kappa shape index (κ3) is 1.68. The van der Waals surface area contributed by atoms with Gasteiger partial charge in [-0.25, -0.2) is 4.98 Å². The van der Waals surface area contributed by atoms with Gasteiger partial charge in [0.2, 0.25) is 5.89 Å². The minimum absolute atomic E-state index is 0.0671. The molecule has 0 saturated heterocycles. The smallest absolute Gasteiger partial charge is 0.201 e. The summed E-state index contributed by atoms with van der Waals surface area (Å²) in [6.07, 6.45) is 3.28. The lowest BCUT2D eigenvalue weighted by Gasteiger charge is -1.84. The Kier molecular flexibility index (Phi) is 1.63. The zero-order valence-corrected chi connectivity index (χ0v) is 5.13. The van der Waals surface area contributed by atoms with Crippen LogP contribution in [0, 0.1) is 0 Å². The van der Waals surface area contributed by atoms with Gasteiger partial charge < -0.3 is 4.42 Å². The molecule has 1 aromatic rings. The molecule has 0 radical (unpaired) electrons. The molecule has 0 unspecified atom stereocenters. The summed E-state index contributed by atoms with van der Waals surface area (Å²) in [5.74, 6) is 0.556. The number of ketones is 1. The number of oxazole rings is 1. The van der Waals surface area contributed by atoms with Gasteiger partial charge in [0.25, 0.3) is 0 Å². The van der Waals surface area contributed by atoms with E-state index < -0.39 is 0 Å². The second-order valence-corrected chi connectivity index (χ2v) is 1.80. The molecule has 1 aromatic heterocycles. The molecule has 0 aliphatic rings. The second-order valence-electron chi connectivity index (χ2n) is 1.80. The van der Waals surface area contributed by atoms with Gasteiger partial charge in [0, 0.05) is 0 Å². The highest BCUT2D eigenvalue weighted by Crippen LogP contribution is 1.94. The van der Waals surface area contributed by atoms with Crippen LogP contribution in [0.4, 0.5) is 0 Å². The summed E-state index contributed by atoms with van der Waals surface area (Å²) in [5.41, 5.74) is 0. The number of hydrogen-bond donors (Lipinski definition) is 0. The van der Waals surface area contributed by atoms with Gasteiger partial charge >= 0.3 is 0 Å². The summed E-state index contributed by atoms with van der Waals surface area (Å²) in [6, 6.07) is 0. The predicted octanol–water partition coefficient (Wildman–Crippen LogP) is 0.806. The first-order valence-electron chi connectivity index (χ1n) is 2.67. The van der Waals surface area contributed by atoms with Crippen LogP contribution in [0.3, 0.4) is 0 Å². The van der Waals surface area contributed by atoms with Crippen molar-refractivity contribution < 1.29 is 9.21 Å². The largest absolute Gasteiger partial charge is 0.449 e. The van der Waals surface area contributed by atoms with Crippen LogP contribution >= 0.6 is 0 Å². The zero-order chi connectivity index (χ0) is 6.69. The topological polar surface area (TPSA) is 43.1 Å². The fourth-order valence-corrected chi connectivity index (χ4v) is 0.553. The van der Waals surface area contributed by atoms with E-state index in [4.69, 9.17) is 4.42 Å². The van der Waals surface area contributed by atoms with E-state index in [9.17, 15) is 4.79 Å². The van der Waals surface area contributed by atoms with E-state index in [0.717, 1.165) is 0 Å². The predicted molar refractivity (Wildman–Crippen MR) is 30.9 cm³/mol. The van der Waals surface area contributed by atoms with Crippen molar-refractivity contribution in [2.24, 2.45) is 0 Å². The summed E-state index contributed by atoms with van der Waals surface area (Å²) >= 11 is 0. The Morgan fingerprint density at radius 3 is 3.11 bits per heavy atom. The summed E-state index contributed by atoms with van der Waals surface area (Å²) in [7, 11) is 0. The van der Waals surface area contributed by atoms with E-state index in [2.05, 4.69) is 4.98 Å². The van der Waals surface area contributed by atoms with Gasteiger partial charge in [0.1, 0.15) is 12.0 Å². The normalized spacial score (nSPS) is 9.44. The van der Waals surface area contributed by atoms with Crippen LogP contribution in [0.15, 0.2) is 16.9 Å². The van der Waals surface area contributed by atoms with Crippen molar-refractivity contribution in [3.63, 3.8) is 0 Å². The first-order chi connectivity index (χ1) is 4.29. The molecule has 0 bridgehead atoms. The molecule has 0 spiro atoms. The first kappa shape index (κ1) is 6.01. The van der Waals surface area contributed by atoms with Crippen molar-refractivity contribution in [2.75, 3.05) is 0 Å².